The fourth-order valence-electron chi connectivity index (χ4n) is 1.39. The van der Waals surface area contributed by atoms with E-state index in [-0.39, 0.29) is 11.3 Å². The SMILES string of the molecule is CCOCCOc1cc(C(=O)O)c(N)cc1OC. The number of aromatic carboxylic acids is 1. The number of carboxylic acids is 1. The van der Waals surface area contributed by atoms with Crippen molar-refractivity contribution < 1.29 is 24.1 Å². The highest BCUT2D eigenvalue weighted by Crippen LogP contribution is 2.32. The van der Waals surface area contributed by atoms with Crippen LogP contribution in [0.15, 0.2) is 12.1 Å². The summed E-state index contributed by atoms with van der Waals surface area (Å²) in [6.07, 6.45) is 0. The minimum absolute atomic E-state index is 0.0118. The summed E-state index contributed by atoms with van der Waals surface area (Å²) in [5.74, 6) is -0.373. The van der Waals surface area contributed by atoms with Crippen LogP contribution in [0, 0.1) is 0 Å². The van der Waals surface area contributed by atoms with Gasteiger partial charge in [-0.05, 0) is 6.92 Å². The van der Waals surface area contributed by atoms with E-state index in [2.05, 4.69) is 0 Å². The number of benzene rings is 1. The van der Waals surface area contributed by atoms with Gasteiger partial charge < -0.3 is 25.1 Å². The highest BCUT2D eigenvalue weighted by molar-refractivity contribution is 5.94. The maximum absolute atomic E-state index is 10.9. The number of carboxylic acid groups (broad SMARTS) is 1. The minimum atomic E-state index is -1.11. The van der Waals surface area contributed by atoms with E-state index in [0.717, 1.165) is 0 Å². The topological polar surface area (TPSA) is 91.0 Å². The number of methoxy groups -OCH3 is 1. The van der Waals surface area contributed by atoms with E-state index in [1.54, 1.807) is 0 Å². The molecule has 0 radical (unpaired) electrons. The van der Waals surface area contributed by atoms with Crippen molar-refractivity contribution in [1.82, 2.24) is 0 Å². The molecule has 0 atom stereocenters. The molecule has 1 aromatic rings. The van der Waals surface area contributed by atoms with E-state index in [0.29, 0.717) is 31.3 Å². The van der Waals surface area contributed by atoms with Gasteiger partial charge in [0.05, 0.1) is 25.0 Å². The molecule has 0 fully saturated rings. The number of hydrogen-bond acceptors (Lipinski definition) is 5. The summed E-state index contributed by atoms with van der Waals surface area (Å²) in [5, 5.41) is 8.96. The van der Waals surface area contributed by atoms with Crippen LogP contribution in [0.3, 0.4) is 0 Å². The van der Waals surface area contributed by atoms with Crippen molar-refractivity contribution in [2.75, 3.05) is 32.7 Å². The Morgan fingerprint density at radius 3 is 2.61 bits per heavy atom. The molecular formula is C12H17NO5. The third kappa shape index (κ3) is 3.53. The summed E-state index contributed by atoms with van der Waals surface area (Å²) >= 11 is 0. The molecule has 0 saturated carbocycles. The van der Waals surface area contributed by atoms with E-state index >= 15 is 0 Å². The van der Waals surface area contributed by atoms with Gasteiger partial charge in [-0.15, -0.1) is 0 Å². The van der Waals surface area contributed by atoms with Gasteiger partial charge in [0.15, 0.2) is 11.5 Å². The van der Waals surface area contributed by atoms with Gasteiger partial charge in [-0.3, -0.25) is 0 Å². The smallest absolute Gasteiger partial charge is 0.337 e. The van der Waals surface area contributed by atoms with Crippen LogP contribution >= 0.6 is 0 Å². The van der Waals surface area contributed by atoms with Gasteiger partial charge in [-0.1, -0.05) is 0 Å². The van der Waals surface area contributed by atoms with Gasteiger partial charge in [0.25, 0.3) is 0 Å². The van der Waals surface area contributed by atoms with Crippen molar-refractivity contribution >= 4 is 11.7 Å². The minimum Gasteiger partial charge on any atom is -0.493 e. The van der Waals surface area contributed by atoms with Crippen molar-refractivity contribution in [2.45, 2.75) is 6.92 Å². The van der Waals surface area contributed by atoms with Gasteiger partial charge in [0.2, 0.25) is 0 Å². The van der Waals surface area contributed by atoms with Gasteiger partial charge in [-0.25, -0.2) is 4.79 Å². The summed E-state index contributed by atoms with van der Waals surface area (Å²) in [6, 6.07) is 2.78. The molecule has 0 bridgehead atoms. The largest absolute Gasteiger partial charge is 0.493 e. The van der Waals surface area contributed by atoms with Crippen LogP contribution in [0.4, 0.5) is 5.69 Å². The fourth-order valence-corrected chi connectivity index (χ4v) is 1.39. The number of carbonyl (C=O) groups is 1. The third-order valence-corrected chi connectivity index (χ3v) is 2.26. The number of nitrogens with two attached hydrogens (primary N) is 1. The maximum atomic E-state index is 10.9. The molecule has 0 aromatic heterocycles. The van der Waals surface area contributed by atoms with Crippen LogP contribution in [0.25, 0.3) is 0 Å². The Morgan fingerprint density at radius 1 is 1.33 bits per heavy atom. The zero-order valence-corrected chi connectivity index (χ0v) is 10.4. The van der Waals surface area contributed by atoms with Crippen LogP contribution in [-0.4, -0.2) is 38.0 Å². The Balaban J connectivity index is 2.86. The third-order valence-electron chi connectivity index (χ3n) is 2.26. The lowest BCUT2D eigenvalue weighted by molar-refractivity contribution is 0.0697. The molecule has 6 heteroatoms. The van der Waals surface area contributed by atoms with Crippen LogP contribution in [-0.2, 0) is 4.74 Å². The predicted octanol–water partition coefficient (Wildman–Crippen LogP) is 1.39. The summed E-state index contributed by atoms with van der Waals surface area (Å²) in [4.78, 5) is 10.9. The Morgan fingerprint density at radius 2 is 2.06 bits per heavy atom. The molecule has 0 aliphatic carbocycles. The quantitative estimate of drug-likeness (QED) is 0.565. The Kier molecular flexibility index (Phi) is 5.26. The van der Waals surface area contributed by atoms with Crippen molar-refractivity contribution in [3.8, 4) is 11.5 Å². The van der Waals surface area contributed by atoms with E-state index in [1.165, 1.54) is 19.2 Å². The molecule has 0 aliphatic heterocycles. The highest BCUT2D eigenvalue weighted by Gasteiger charge is 2.14. The molecule has 0 aliphatic rings. The number of nitrogen functional groups attached to an aromatic ring is 1. The first-order valence-electron chi connectivity index (χ1n) is 5.51. The Bertz CT molecular complexity index is 419. The van der Waals surface area contributed by atoms with Crippen molar-refractivity contribution in [1.29, 1.82) is 0 Å². The van der Waals surface area contributed by atoms with E-state index in [9.17, 15) is 4.79 Å². The summed E-state index contributed by atoms with van der Waals surface area (Å²) in [5.41, 5.74) is 5.73. The molecule has 0 unspecified atom stereocenters. The molecule has 3 N–H and O–H groups in total. The van der Waals surface area contributed by atoms with Crippen LogP contribution in [0.2, 0.25) is 0 Å². The average molecular weight is 255 g/mol. The van der Waals surface area contributed by atoms with Gasteiger partial charge in [0, 0.05) is 18.7 Å². The molecule has 1 aromatic carbocycles. The Labute approximate surface area is 105 Å². The maximum Gasteiger partial charge on any atom is 0.337 e. The zero-order valence-electron chi connectivity index (χ0n) is 10.4. The average Bonchev–Trinajstić information content (AvgIpc) is 2.35. The number of ether oxygens (including phenoxy) is 3. The first-order valence-corrected chi connectivity index (χ1v) is 5.51. The second kappa shape index (κ2) is 6.70. The van der Waals surface area contributed by atoms with E-state index in [1.807, 2.05) is 6.92 Å². The summed E-state index contributed by atoms with van der Waals surface area (Å²) < 4.78 is 15.6. The number of anilines is 1. The molecular weight excluding hydrogens is 238 g/mol. The molecule has 0 saturated heterocycles. The second-order valence-corrected chi connectivity index (χ2v) is 3.44. The molecule has 0 heterocycles. The van der Waals surface area contributed by atoms with E-state index in [4.69, 9.17) is 25.1 Å². The van der Waals surface area contributed by atoms with Crippen molar-refractivity contribution in [3.05, 3.63) is 17.7 Å². The number of hydrogen-bond donors (Lipinski definition) is 2. The van der Waals surface area contributed by atoms with E-state index < -0.39 is 5.97 Å². The Hall–Kier alpha value is -1.95. The van der Waals surface area contributed by atoms with Gasteiger partial charge >= 0.3 is 5.97 Å². The first kappa shape index (κ1) is 14.1. The molecule has 6 nitrogen and oxygen atoms in total. The highest BCUT2D eigenvalue weighted by atomic mass is 16.5. The van der Waals surface area contributed by atoms with Crippen LogP contribution in [0.1, 0.15) is 17.3 Å². The predicted molar refractivity (Wildman–Crippen MR) is 66.4 cm³/mol. The lowest BCUT2D eigenvalue weighted by Crippen LogP contribution is -2.09. The van der Waals surface area contributed by atoms with Gasteiger partial charge in [-0.2, -0.15) is 0 Å². The second-order valence-electron chi connectivity index (χ2n) is 3.44. The van der Waals surface area contributed by atoms with Crippen LogP contribution in [0.5, 0.6) is 11.5 Å². The summed E-state index contributed by atoms with van der Waals surface area (Å²) in [6.45, 7) is 3.22. The van der Waals surface area contributed by atoms with Gasteiger partial charge in [0.1, 0.15) is 6.61 Å². The molecule has 1 rings (SSSR count). The lowest BCUT2D eigenvalue weighted by Gasteiger charge is -2.12. The van der Waals surface area contributed by atoms with Crippen molar-refractivity contribution in [3.63, 3.8) is 0 Å². The first-order chi connectivity index (χ1) is 8.60. The zero-order chi connectivity index (χ0) is 13.5. The number of rotatable bonds is 7. The molecule has 0 spiro atoms. The lowest BCUT2D eigenvalue weighted by atomic mass is 10.1. The van der Waals surface area contributed by atoms with Crippen LogP contribution < -0.4 is 15.2 Å². The monoisotopic (exact) mass is 255 g/mol. The molecule has 100 valence electrons. The standard InChI is InChI=1S/C12H17NO5/c1-3-17-4-5-18-11-6-8(12(14)15)9(13)7-10(11)16-2/h6-7H,3-5,13H2,1-2H3,(H,14,15). The molecule has 18 heavy (non-hydrogen) atoms. The van der Waals surface area contributed by atoms with Crippen molar-refractivity contribution in [2.24, 2.45) is 0 Å². The molecule has 0 amide bonds. The fraction of sp³-hybridized carbons (Fsp3) is 0.417. The summed E-state index contributed by atoms with van der Waals surface area (Å²) in [7, 11) is 1.46. The normalized spacial score (nSPS) is 10.1.